The van der Waals surface area contributed by atoms with Gasteiger partial charge in [0, 0.05) is 6.20 Å². The van der Waals surface area contributed by atoms with E-state index in [2.05, 4.69) is 9.72 Å². The molecular formula is C10H11NO5. The maximum atomic E-state index is 11.1. The standard InChI is InChI=1S/C10H11NO5/c1-6(10(14)15-2)16-8-7(9(12)13)4-3-5-11-8/h3-6H,1-2H3,(H,12,13). The fraction of sp³-hybridized carbons (Fsp3) is 0.300. The molecule has 6 heteroatoms. The van der Waals surface area contributed by atoms with Gasteiger partial charge in [0.1, 0.15) is 5.56 Å². The topological polar surface area (TPSA) is 85.7 Å². The molecule has 1 unspecified atom stereocenters. The number of aromatic carboxylic acids is 1. The van der Waals surface area contributed by atoms with E-state index in [4.69, 9.17) is 9.84 Å². The molecular weight excluding hydrogens is 214 g/mol. The van der Waals surface area contributed by atoms with Crippen molar-refractivity contribution in [2.45, 2.75) is 13.0 Å². The average molecular weight is 225 g/mol. The molecule has 16 heavy (non-hydrogen) atoms. The third-order valence-corrected chi connectivity index (χ3v) is 1.82. The van der Waals surface area contributed by atoms with E-state index >= 15 is 0 Å². The van der Waals surface area contributed by atoms with Crippen LogP contribution in [0.3, 0.4) is 0 Å². The number of ether oxygens (including phenoxy) is 2. The second-order valence-corrected chi connectivity index (χ2v) is 2.94. The first-order chi connectivity index (χ1) is 7.56. The number of carbonyl (C=O) groups excluding carboxylic acids is 1. The lowest BCUT2D eigenvalue weighted by atomic mass is 10.3. The third-order valence-electron chi connectivity index (χ3n) is 1.82. The van der Waals surface area contributed by atoms with Crippen molar-refractivity contribution in [3.63, 3.8) is 0 Å². The van der Waals surface area contributed by atoms with Crippen molar-refractivity contribution in [3.8, 4) is 5.88 Å². The Hall–Kier alpha value is -2.11. The number of aromatic nitrogens is 1. The molecule has 1 atom stereocenters. The molecule has 0 amide bonds. The van der Waals surface area contributed by atoms with E-state index in [1.807, 2.05) is 0 Å². The van der Waals surface area contributed by atoms with Gasteiger partial charge >= 0.3 is 11.9 Å². The highest BCUT2D eigenvalue weighted by Crippen LogP contribution is 2.15. The molecule has 1 aromatic rings. The SMILES string of the molecule is COC(=O)C(C)Oc1ncccc1C(=O)O. The van der Waals surface area contributed by atoms with E-state index in [0.717, 1.165) is 0 Å². The van der Waals surface area contributed by atoms with Crippen LogP contribution in [0, 0.1) is 0 Å². The van der Waals surface area contributed by atoms with Crippen LogP contribution in [0.5, 0.6) is 5.88 Å². The molecule has 0 radical (unpaired) electrons. The summed E-state index contributed by atoms with van der Waals surface area (Å²) in [7, 11) is 1.22. The van der Waals surface area contributed by atoms with Crippen LogP contribution in [0.1, 0.15) is 17.3 Å². The summed E-state index contributed by atoms with van der Waals surface area (Å²) in [6.07, 6.45) is 0.476. The number of carboxylic acid groups (broad SMARTS) is 1. The van der Waals surface area contributed by atoms with Crippen molar-refractivity contribution in [1.29, 1.82) is 0 Å². The Morgan fingerprint density at radius 2 is 2.19 bits per heavy atom. The first kappa shape index (κ1) is 12.0. The van der Waals surface area contributed by atoms with E-state index in [0.29, 0.717) is 0 Å². The van der Waals surface area contributed by atoms with Gasteiger partial charge in [-0.15, -0.1) is 0 Å². The molecule has 0 fully saturated rings. The van der Waals surface area contributed by atoms with Gasteiger partial charge in [0.15, 0.2) is 6.10 Å². The predicted octanol–water partition coefficient (Wildman–Crippen LogP) is 0.720. The molecule has 0 saturated carbocycles. The molecule has 0 aliphatic rings. The first-order valence-corrected chi connectivity index (χ1v) is 4.49. The lowest BCUT2D eigenvalue weighted by molar-refractivity contribution is -0.148. The number of methoxy groups -OCH3 is 1. The maximum absolute atomic E-state index is 11.1. The van der Waals surface area contributed by atoms with Crippen LogP contribution in [0.15, 0.2) is 18.3 Å². The zero-order valence-corrected chi connectivity index (χ0v) is 8.84. The first-order valence-electron chi connectivity index (χ1n) is 4.49. The van der Waals surface area contributed by atoms with Gasteiger partial charge in [-0.05, 0) is 19.1 Å². The van der Waals surface area contributed by atoms with E-state index < -0.39 is 18.0 Å². The van der Waals surface area contributed by atoms with E-state index in [-0.39, 0.29) is 11.4 Å². The molecule has 0 saturated heterocycles. The Morgan fingerprint density at radius 1 is 1.50 bits per heavy atom. The summed E-state index contributed by atoms with van der Waals surface area (Å²) in [5.41, 5.74) is -0.0988. The normalized spacial score (nSPS) is 11.6. The molecule has 0 aliphatic heterocycles. The monoisotopic (exact) mass is 225 g/mol. The van der Waals surface area contributed by atoms with Crippen LogP contribution in [0.4, 0.5) is 0 Å². The van der Waals surface area contributed by atoms with Crippen molar-refractivity contribution in [1.82, 2.24) is 4.98 Å². The summed E-state index contributed by atoms with van der Waals surface area (Å²) in [6, 6.07) is 2.81. The third kappa shape index (κ3) is 2.69. The van der Waals surface area contributed by atoms with Gasteiger partial charge in [-0.1, -0.05) is 0 Å². The number of nitrogens with zero attached hydrogens (tertiary/aromatic N) is 1. The molecule has 86 valence electrons. The summed E-state index contributed by atoms with van der Waals surface area (Å²) < 4.78 is 9.54. The Kier molecular flexibility index (Phi) is 3.82. The van der Waals surface area contributed by atoms with Crippen LogP contribution in [0.2, 0.25) is 0 Å². The number of hydrogen-bond acceptors (Lipinski definition) is 5. The van der Waals surface area contributed by atoms with Gasteiger partial charge in [0.05, 0.1) is 7.11 Å². The van der Waals surface area contributed by atoms with Gasteiger partial charge in [0.2, 0.25) is 5.88 Å². The number of hydrogen-bond donors (Lipinski definition) is 1. The van der Waals surface area contributed by atoms with Crippen molar-refractivity contribution < 1.29 is 24.2 Å². The molecule has 0 aliphatic carbocycles. The van der Waals surface area contributed by atoms with E-state index in [9.17, 15) is 9.59 Å². The molecule has 1 aromatic heterocycles. The molecule has 1 heterocycles. The van der Waals surface area contributed by atoms with E-state index in [1.54, 1.807) is 0 Å². The second kappa shape index (κ2) is 5.11. The molecule has 0 spiro atoms. The predicted molar refractivity (Wildman–Crippen MR) is 53.3 cm³/mol. The van der Waals surface area contributed by atoms with Gasteiger partial charge in [-0.3, -0.25) is 0 Å². The fourth-order valence-corrected chi connectivity index (χ4v) is 1.03. The fourth-order valence-electron chi connectivity index (χ4n) is 1.03. The average Bonchev–Trinajstić information content (AvgIpc) is 2.28. The van der Waals surface area contributed by atoms with Crippen LogP contribution >= 0.6 is 0 Å². The highest BCUT2D eigenvalue weighted by Gasteiger charge is 2.19. The Labute approximate surface area is 91.8 Å². The molecule has 1 N–H and O–H groups in total. The highest BCUT2D eigenvalue weighted by molar-refractivity contribution is 5.90. The summed E-state index contributed by atoms with van der Waals surface area (Å²) in [5, 5.41) is 8.84. The molecule has 1 rings (SSSR count). The Bertz CT molecular complexity index is 404. The quantitative estimate of drug-likeness (QED) is 0.760. The Morgan fingerprint density at radius 3 is 2.75 bits per heavy atom. The zero-order valence-electron chi connectivity index (χ0n) is 8.84. The smallest absolute Gasteiger partial charge is 0.346 e. The number of pyridine rings is 1. The lowest BCUT2D eigenvalue weighted by Gasteiger charge is -2.12. The Balaban J connectivity index is 2.88. The summed E-state index contributed by atoms with van der Waals surface area (Å²) in [5.74, 6) is -1.87. The second-order valence-electron chi connectivity index (χ2n) is 2.94. The molecule has 6 nitrogen and oxygen atoms in total. The highest BCUT2D eigenvalue weighted by atomic mass is 16.6. The van der Waals surface area contributed by atoms with Gasteiger partial charge < -0.3 is 14.6 Å². The van der Waals surface area contributed by atoms with Gasteiger partial charge in [0.25, 0.3) is 0 Å². The number of esters is 1. The lowest BCUT2D eigenvalue weighted by Crippen LogP contribution is -2.26. The summed E-state index contributed by atoms with van der Waals surface area (Å²) in [6.45, 7) is 1.45. The molecule has 0 aromatic carbocycles. The number of rotatable bonds is 4. The minimum atomic E-state index is -1.17. The van der Waals surface area contributed by atoms with E-state index in [1.165, 1.54) is 32.4 Å². The summed E-state index contributed by atoms with van der Waals surface area (Å²) in [4.78, 5) is 25.6. The van der Waals surface area contributed by atoms with Crippen molar-refractivity contribution in [3.05, 3.63) is 23.9 Å². The minimum Gasteiger partial charge on any atom is -0.477 e. The van der Waals surface area contributed by atoms with Crippen LogP contribution in [-0.4, -0.2) is 35.2 Å². The van der Waals surface area contributed by atoms with Crippen molar-refractivity contribution >= 4 is 11.9 Å². The van der Waals surface area contributed by atoms with Crippen molar-refractivity contribution in [2.24, 2.45) is 0 Å². The van der Waals surface area contributed by atoms with Crippen LogP contribution in [-0.2, 0) is 9.53 Å². The van der Waals surface area contributed by atoms with Gasteiger partial charge in [-0.25, -0.2) is 14.6 Å². The molecule has 0 bridgehead atoms. The largest absolute Gasteiger partial charge is 0.477 e. The van der Waals surface area contributed by atoms with Gasteiger partial charge in [-0.2, -0.15) is 0 Å². The number of carboxylic acids is 1. The minimum absolute atomic E-state index is 0.0988. The summed E-state index contributed by atoms with van der Waals surface area (Å²) >= 11 is 0. The van der Waals surface area contributed by atoms with Crippen LogP contribution in [0.25, 0.3) is 0 Å². The van der Waals surface area contributed by atoms with Crippen molar-refractivity contribution in [2.75, 3.05) is 7.11 Å². The van der Waals surface area contributed by atoms with Crippen LogP contribution < -0.4 is 4.74 Å². The maximum Gasteiger partial charge on any atom is 0.346 e. The zero-order chi connectivity index (χ0) is 12.1. The number of carbonyl (C=O) groups is 2.